The molecule has 0 atom stereocenters. The van der Waals surface area contributed by atoms with Gasteiger partial charge < -0.3 is 4.90 Å². The predicted molar refractivity (Wildman–Crippen MR) is 87.5 cm³/mol. The molecule has 1 heterocycles. The summed E-state index contributed by atoms with van der Waals surface area (Å²) >= 11 is 0. The van der Waals surface area contributed by atoms with E-state index in [-0.39, 0.29) is 11.4 Å². The number of nitrogens with one attached hydrogen (secondary N) is 1. The Morgan fingerprint density at radius 3 is 2.41 bits per heavy atom. The van der Waals surface area contributed by atoms with Gasteiger partial charge in [0.05, 0.1) is 11.4 Å². The third kappa shape index (κ3) is 3.15. The molecule has 2 rings (SSSR count). The van der Waals surface area contributed by atoms with Gasteiger partial charge >= 0.3 is 0 Å². The molecule has 7 heteroatoms. The molecule has 1 aromatic heterocycles. The van der Waals surface area contributed by atoms with Crippen LogP contribution in [-0.4, -0.2) is 32.3 Å². The molecule has 6 nitrogen and oxygen atoms in total. The Hall–Kier alpha value is -1.86. The van der Waals surface area contributed by atoms with Crippen molar-refractivity contribution in [2.75, 3.05) is 19.0 Å². The van der Waals surface area contributed by atoms with E-state index in [0.29, 0.717) is 11.4 Å². The van der Waals surface area contributed by atoms with Gasteiger partial charge in [-0.25, -0.2) is 13.1 Å². The van der Waals surface area contributed by atoms with Crippen molar-refractivity contribution >= 4 is 15.7 Å². The number of benzene rings is 1. The van der Waals surface area contributed by atoms with Crippen molar-refractivity contribution in [1.29, 1.82) is 0 Å². The molecular weight excluding hydrogens is 300 g/mol. The Balaban J connectivity index is 2.28. The normalized spacial score (nSPS) is 11.7. The molecule has 2 aromatic rings. The van der Waals surface area contributed by atoms with E-state index in [9.17, 15) is 8.42 Å². The van der Waals surface area contributed by atoms with Gasteiger partial charge in [-0.2, -0.15) is 5.10 Å². The minimum Gasteiger partial charge on any atom is -0.377 e. The number of para-hydroxylation sites is 1. The van der Waals surface area contributed by atoms with Crippen LogP contribution in [0.2, 0.25) is 0 Å². The molecule has 22 heavy (non-hydrogen) atoms. The summed E-state index contributed by atoms with van der Waals surface area (Å²) in [6.45, 7) is 3.70. The van der Waals surface area contributed by atoms with Gasteiger partial charge in [0, 0.05) is 33.4 Å². The first-order valence-electron chi connectivity index (χ1n) is 6.99. The van der Waals surface area contributed by atoms with E-state index < -0.39 is 10.0 Å². The van der Waals surface area contributed by atoms with E-state index in [1.54, 1.807) is 25.6 Å². The monoisotopic (exact) mass is 322 g/mol. The van der Waals surface area contributed by atoms with Crippen LogP contribution in [0.3, 0.4) is 0 Å². The zero-order chi connectivity index (χ0) is 16.5. The zero-order valence-corrected chi connectivity index (χ0v) is 14.4. The Morgan fingerprint density at radius 1 is 1.23 bits per heavy atom. The Kier molecular flexibility index (Phi) is 4.58. The molecule has 0 aliphatic heterocycles. The van der Waals surface area contributed by atoms with Crippen LogP contribution < -0.4 is 9.62 Å². The van der Waals surface area contributed by atoms with Crippen LogP contribution in [0, 0.1) is 13.8 Å². The SMILES string of the molecule is Cc1nn(C)c(C)c1S(=O)(=O)NCc1ccccc1N(C)C. The lowest BCUT2D eigenvalue weighted by molar-refractivity contribution is 0.579. The van der Waals surface area contributed by atoms with Crippen LogP contribution in [0.25, 0.3) is 0 Å². The van der Waals surface area contributed by atoms with Gasteiger partial charge in [0.25, 0.3) is 0 Å². The summed E-state index contributed by atoms with van der Waals surface area (Å²) in [5.41, 5.74) is 3.05. The topological polar surface area (TPSA) is 67.2 Å². The van der Waals surface area contributed by atoms with Crippen LogP contribution in [0.15, 0.2) is 29.2 Å². The molecule has 0 fully saturated rings. The fourth-order valence-electron chi connectivity index (χ4n) is 2.48. The number of aromatic nitrogens is 2. The maximum Gasteiger partial charge on any atom is 0.244 e. The number of rotatable bonds is 5. The number of nitrogens with zero attached hydrogens (tertiary/aromatic N) is 3. The zero-order valence-electron chi connectivity index (χ0n) is 13.6. The first-order valence-corrected chi connectivity index (χ1v) is 8.47. The van der Waals surface area contributed by atoms with Gasteiger partial charge in [-0.1, -0.05) is 18.2 Å². The largest absolute Gasteiger partial charge is 0.377 e. The second kappa shape index (κ2) is 6.10. The standard InChI is InChI=1S/C15H22N4O2S/c1-11-15(12(2)19(5)17-11)22(20,21)16-10-13-8-6-7-9-14(13)18(3)4/h6-9,16H,10H2,1-5H3. The van der Waals surface area contributed by atoms with Crippen molar-refractivity contribution in [2.24, 2.45) is 7.05 Å². The lowest BCUT2D eigenvalue weighted by atomic mass is 10.1. The van der Waals surface area contributed by atoms with Crippen LogP contribution in [0.1, 0.15) is 17.0 Å². The average molecular weight is 322 g/mol. The predicted octanol–water partition coefficient (Wildman–Crippen LogP) is 1.58. The molecule has 0 saturated heterocycles. The maximum atomic E-state index is 12.6. The highest BCUT2D eigenvalue weighted by Gasteiger charge is 2.23. The molecule has 0 aliphatic rings. The molecule has 0 unspecified atom stereocenters. The third-order valence-corrected chi connectivity index (χ3v) is 5.29. The summed E-state index contributed by atoms with van der Waals surface area (Å²) in [4.78, 5) is 2.22. The van der Waals surface area contributed by atoms with Gasteiger partial charge in [-0.3, -0.25) is 4.68 Å². The number of hydrogen-bond donors (Lipinski definition) is 1. The van der Waals surface area contributed by atoms with E-state index in [2.05, 4.69) is 9.82 Å². The summed E-state index contributed by atoms with van der Waals surface area (Å²) in [6, 6.07) is 7.71. The van der Waals surface area contributed by atoms with Crippen molar-refractivity contribution in [3.63, 3.8) is 0 Å². The molecule has 1 N–H and O–H groups in total. The number of hydrogen-bond acceptors (Lipinski definition) is 4. The number of sulfonamides is 1. The molecular formula is C15H22N4O2S. The van der Waals surface area contributed by atoms with Gasteiger partial charge in [0.1, 0.15) is 4.90 Å². The van der Waals surface area contributed by atoms with Gasteiger partial charge in [-0.05, 0) is 25.5 Å². The quantitative estimate of drug-likeness (QED) is 0.907. The van der Waals surface area contributed by atoms with Crippen molar-refractivity contribution in [3.05, 3.63) is 41.2 Å². The molecule has 0 spiro atoms. The first-order chi connectivity index (χ1) is 10.2. The summed E-state index contributed by atoms with van der Waals surface area (Å²) in [6.07, 6.45) is 0. The van der Waals surface area contributed by atoms with Gasteiger partial charge in [0.2, 0.25) is 10.0 Å². The van der Waals surface area contributed by atoms with Crippen LogP contribution >= 0.6 is 0 Å². The van der Waals surface area contributed by atoms with E-state index in [1.165, 1.54) is 0 Å². The average Bonchev–Trinajstić information content (AvgIpc) is 2.70. The van der Waals surface area contributed by atoms with Crippen LogP contribution in [-0.2, 0) is 23.6 Å². The van der Waals surface area contributed by atoms with E-state index in [4.69, 9.17) is 0 Å². The molecule has 0 saturated carbocycles. The minimum atomic E-state index is -3.59. The van der Waals surface area contributed by atoms with Crippen molar-refractivity contribution < 1.29 is 8.42 Å². The second-order valence-corrected chi connectivity index (χ2v) is 7.18. The van der Waals surface area contributed by atoms with Crippen LogP contribution in [0.4, 0.5) is 5.69 Å². The summed E-state index contributed by atoms with van der Waals surface area (Å²) < 4.78 is 29.4. The molecule has 0 aliphatic carbocycles. The van der Waals surface area contributed by atoms with Gasteiger partial charge in [-0.15, -0.1) is 0 Å². The number of aryl methyl sites for hydroxylation is 2. The van der Waals surface area contributed by atoms with E-state index in [0.717, 1.165) is 11.3 Å². The first kappa shape index (κ1) is 16.5. The molecule has 0 bridgehead atoms. The van der Waals surface area contributed by atoms with Crippen molar-refractivity contribution in [2.45, 2.75) is 25.3 Å². The van der Waals surface area contributed by atoms with Crippen molar-refractivity contribution in [3.8, 4) is 0 Å². The summed E-state index contributed by atoms with van der Waals surface area (Å²) in [7, 11) is 2.01. The molecule has 0 amide bonds. The highest BCUT2D eigenvalue weighted by atomic mass is 32.2. The maximum absolute atomic E-state index is 12.6. The molecule has 120 valence electrons. The lowest BCUT2D eigenvalue weighted by Gasteiger charge is -2.17. The highest BCUT2D eigenvalue weighted by Crippen LogP contribution is 2.21. The smallest absolute Gasteiger partial charge is 0.244 e. The Labute approximate surface area is 131 Å². The Bertz CT molecular complexity index is 779. The third-order valence-electron chi connectivity index (χ3n) is 3.64. The van der Waals surface area contributed by atoms with Gasteiger partial charge in [0.15, 0.2) is 0 Å². The minimum absolute atomic E-state index is 0.241. The fourth-order valence-corrected chi connectivity index (χ4v) is 3.93. The van der Waals surface area contributed by atoms with Crippen LogP contribution in [0.5, 0.6) is 0 Å². The lowest BCUT2D eigenvalue weighted by Crippen LogP contribution is -2.25. The fraction of sp³-hybridized carbons (Fsp3) is 0.400. The van der Waals surface area contributed by atoms with Crippen molar-refractivity contribution in [1.82, 2.24) is 14.5 Å². The second-order valence-electron chi connectivity index (χ2n) is 5.47. The van der Waals surface area contributed by atoms with E-state index in [1.807, 2.05) is 43.3 Å². The van der Waals surface area contributed by atoms with E-state index >= 15 is 0 Å². The highest BCUT2D eigenvalue weighted by molar-refractivity contribution is 7.89. The summed E-state index contributed by atoms with van der Waals surface area (Å²) in [5.74, 6) is 0. The molecule has 0 radical (unpaired) electrons. The Morgan fingerprint density at radius 2 is 1.86 bits per heavy atom. The summed E-state index contributed by atoms with van der Waals surface area (Å²) in [5, 5.41) is 4.17. The number of anilines is 1. The molecule has 1 aromatic carbocycles.